The van der Waals surface area contributed by atoms with Gasteiger partial charge < -0.3 is 10.1 Å². The van der Waals surface area contributed by atoms with Gasteiger partial charge in [0.1, 0.15) is 5.82 Å². The van der Waals surface area contributed by atoms with E-state index >= 15 is 0 Å². The van der Waals surface area contributed by atoms with Crippen molar-refractivity contribution in [2.75, 3.05) is 11.9 Å². The lowest BCUT2D eigenvalue weighted by molar-refractivity contribution is 0.102. The first-order valence-electron chi connectivity index (χ1n) is 6.70. The van der Waals surface area contributed by atoms with Gasteiger partial charge in [-0.2, -0.15) is 0 Å². The van der Waals surface area contributed by atoms with Gasteiger partial charge in [-0.05, 0) is 30.7 Å². The number of hydrogen-bond donors (Lipinski definition) is 1. The zero-order valence-corrected chi connectivity index (χ0v) is 13.3. The van der Waals surface area contributed by atoms with E-state index in [1.54, 1.807) is 12.1 Å². The number of hydrogen-bond acceptors (Lipinski definition) is 2. The van der Waals surface area contributed by atoms with Crippen LogP contribution in [-0.2, 0) is 0 Å². The van der Waals surface area contributed by atoms with E-state index in [-0.39, 0.29) is 21.3 Å². The van der Waals surface area contributed by atoms with Crippen molar-refractivity contribution in [2.45, 2.75) is 13.3 Å². The Hall–Kier alpha value is -1.78. The predicted molar refractivity (Wildman–Crippen MR) is 86.6 cm³/mol. The second-order valence-electron chi connectivity index (χ2n) is 4.55. The van der Waals surface area contributed by atoms with Gasteiger partial charge in [0.25, 0.3) is 5.91 Å². The Bertz CT molecular complexity index is 669. The molecule has 0 atom stereocenters. The molecule has 0 bridgehead atoms. The lowest BCUT2D eigenvalue weighted by Gasteiger charge is -2.11. The number of carbonyl (C=O) groups excluding carboxylic acids is 1. The van der Waals surface area contributed by atoms with E-state index in [0.717, 1.165) is 6.42 Å². The molecule has 0 unspecified atom stereocenters. The number of anilines is 1. The number of ether oxygens (including phenoxy) is 1. The molecule has 1 amide bonds. The van der Waals surface area contributed by atoms with Gasteiger partial charge >= 0.3 is 0 Å². The van der Waals surface area contributed by atoms with E-state index in [0.29, 0.717) is 12.4 Å². The fourth-order valence-electron chi connectivity index (χ4n) is 1.79. The molecule has 0 saturated heterocycles. The Morgan fingerprint density at radius 3 is 2.45 bits per heavy atom. The van der Waals surface area contributed by atoms with Gasteiger partial charge in [-0.25, -0.2) is 4.39 Å². The molecule has 116 valence electrons. The highest BCUT2D eigenvalue weighted by atomic mass is 35.5. The van der Waals surface area contributed by atoms with Crippen LogP contribution in [0.5, 0.6) is 5.75 Å². The van der Waals surface area contributed by atoms with Crippen LogP contribution in [0.15, 0.2) is 36.4 Å². The summed E-state index contributed by atoms with van der Waals surface area (Å²) in [7, 11) is 0. The molecular formula is C16H14Cl2FNO2. The zero-order chi connectivity index (χ0) is 16.1. The average molecular weight is 342 g/mol. The highest BCUT2D eigenvalue weighted by Crippen LogP contribution is 2.34. The SMILES string of the molecule is CCCOc1c(Cl)cc(C(=O)Nc2ccccc2F)cc1Cl. The van der Waals surface area contributed by atoms with Crippen LogP contribution in [0, 0.1) is 5.82 Å². The summed E-state index contributed by atoms with van der Waals surface area (Å²) in [5, 5.41) is 2.94. The van der Waals surface area contributed by atoms with Gasteiger partial charge in [0.05, 0.1) is 22.3 Å². The maximum Gasteiger partial charge on any atom is 0.255 e. The molecule has 0 radical (unpaired) electrons. The number of rotatable bonds is 5. The number of para-hydroxylation sites is 1. The normalized spacial score (nSPS) is 10.4. The van der Waals surface area contributed by atoms with E-state index in [4.69, 9.17) is 27.9 Å². The number of halogens is 3. The quantitative estimate of drug-likeness (QED) is 0.814. The van der Waals surface area contributed by atoms with Gasteiger partial charge in [0, 0.05) is 5.56 Å². The molecule has 2 rings (SSSR count). The average Bonchev–Trinajstić information content (AvgIpc) is 2.48. The molecule has 0 aliphatic heterocycles. The lowest BCUT2D eigenvalue weighted by Crippen LogP contribution is -2.13. The summed E-state index contributed by atoms with van der Waals surface area (Å²) in [5.41, 5.74) is 0.313. The Labute approximate surface area is 138 Å². The molecule has 0 heterocycles. The topological polar surface area (TPSA) is 38.3 Å². The fraction of sp³-hybridized carbons (Fsp3) is 0.188. The molecule has 1 N–H and O–H groups in total. The summed E-state index contributed by atoms with van der Waals surface area (Å²) in [6, 6.07) is 8.77. The molecule has 3 nitrogen and oxygen atoms in total. The fourth-order valence-corrected chi connectivity index (χ4v) is 2.39. The second-order valence-corrected chi connectivity index (χ2v) is 5.37. The first kappa shape index (κ1) is 16.6. The van der Waals surface area contributed by atoms with E-state index < -0.39 is 11.7 Å². The molecule has 22 heavy (non-hydrogen) atoms. The monoisotopic (exact) mass is 341 g/mol. The molecule has 2 aromatic carbocycles. The van der Waals surface area contributed by atoms with Crippen LogP contribution in [0.25, 0.3) is 0 Å². The van der Waals surface area contributed by atoms with E-state index in [9.17, 15) is 9.18 Å². The van der Waals surface area contributed by atoms with Crippen molar-refractivity contribution in [1.29, 1.82) is 0 Å². The molecular weight excluding hydrogens is 328 g/mol. The van der Waals surface area contributed by atoms with Gasteiger partial charge in [-0.15, -0.1) is 0 Å². The third-order valence-electron chi connectivity index (χ3n) is 2.83. The molecule has 0 aromatic heterocycles. The van der Waals surface area contributed by atoms with Crippen LogP contribution in [0.3, 0.4) is 0 Å². The molecule has 0 aliphatic rings. The second kappa shape index (κ2) is 7.47. The minimum Gasteiger partial charge on any atom is -0.490 e. The number of carbonyl (C=O) groups is 1. The Morgan fingerprint density at radius 2 is 1.86 bits per heavy atom. The summed E-state index contributed by atoms with van der Waals surface area (Å²) < 4.78 is 19.0. The number of nitrogens with one attached hydrogen (secondary N) is 1. The molecule has 0 fully saturated rings. The summed E-state index contributed by atoms with van der Waals surface area (Å²) in [4.78, 5) is 12.2. The molecule has 0 aliphatic carbocycles. The van der Waals surface area contributed by atoms with Crippen LogP contribution in [-0.4, -0.2) is 12.5 Å². The minimum absolute atomic E-state index is 0.0889. The number of benzene rings is 2. The maximum atomic E-state index is 13.5. The van der Waals surface area contributed by atoms with Crippen molar-refractivity contribution in [3.8, 4) is 5.75 Å². The number of amides is 1. The predicted octanol–water partition coefficient (Wildman–Crippen LogP) is 5.17. The highest BCUT2D eigenvalue weighted by Gasteiger charge is 2.15. The lowest BCUT2D eigenvalue weighted by atomic mass is 10.2. The van der Waals surface area contributed by atoms with Crippen molar-refractivity contribution in [1.82, 2.24) is 0 Å². The Kier molecular flexibility index (Phi) is 5.63. The van der Waals surface area contributed by atoms with Gasteiger partial charge in [0.15, 0.2) is 5.75 Å². The van der Waals surface area contributed by atoms with Crippen molar-refractivity contribution in [3.63, 3.8) is 0 Å². The third-order valence-corrected chi connectivity index (χ3v) is 3.39. The smallest absolute Gasteiger partial charge is 0.255 e. The molecule has 2 aromatic rings. The van der Waals surface area contributed by atoms with Crippen LogP contribution in [0.4, 0.5) is 10.1 Å². The largest absolute Gasteiger partial charge is 0.490 e. The van der Waals surface area contributed by atoms with Gasteiger partial charge in [-0.1, -0.05) is 42.3 Å². The van der Waals surface area contributed by atoms with E-state index in [1.807, 2.05) is 6.92 Å². The van der Waals surface area contributed by atoms with Crippen molar-refractivity contribution < 1.29 is 13.9 Å². The van der Waals surface area contributed by atoms with Crippen molar-refractivity contribution >= 4 is 34.8 Å². The van der Waals surface area contributed by atoms with Gasteiger partial charge in [-0.3, -0.25) is 4.79 Å². The summed E-state index contributed by atoms with van der Waals surface area (Å²) >= 11 is 12.2. The summed E-state index contributed by atoms with van der Waals surface area (Å²) in [6.45, 7) is 2.43. The van der Waals surface area contributed by atoms with Crippen LogP contribution in [0.2, 0.25) is 10.0 Å². The minimum atomic E-state index is -0.518. The third kappa shape index (κ3) is 3.90. The van der Waals surface area contributed by atoms with E-state index in [1.165, 1.54) is 24.3 Å². The Morgan fingerprint density at radius 1 is 1.23 bits per heavy atom. The first-order valence-corrected chi connectivity index (χ1v) is 7.46. The highest BCUT2D eigenvalue weighted by molar-refractivity contribution is 6.37. The summed E-state index contributed by atoms with van der Waals surface area (Å²) in [6.07, 6.45) is 0.808. The molecule has 0 saturated carbocycles. The first-order chi connectivity index (χ1) is 10.5. The maximum absolute atomic E-state index is 13.5. The van der Waals surface area contributed by atoms with Crippen LogP contribution in [0.1, 0.15) is 23.7 Å². The van der Waals surface area contributed by atoms with Crippen LogP contribution >= 0.6 is 23.2 Å². The zero-order valence-electron chi connectivity index (χ0n) is 11.8. The standard InChI is InChI=1S/C16H14Cl2FNO2/c1-2-7-22-15-11(17)8-10(9-12(15)18)16(21)20-14-6-4-3-5-13(14)19/h3-6,8-9H,2,7H2,1H3,(H,20,21). The van der Waals surface area contributed by atoms with E-state index in [2.05, 4.69) is 5.32 Å². The van der Waals surface area contributed by atoms with Crippen LogP contribution < -0.4 is 10.1 Å². The van der Waals surface area contributed by atoms with Gasteiger partial charge in [0.2, 0.25) is 0 Å². The summed E-state index contributed by atoms with van der Waals surface area (Å²) in [5.74, 6) is -0.681. The van der Waals surface area contributed by atoms with Crippen molar-refractivity contribution in [3.05, 3.63) is 57.8 Å². The Balaban J connectivity index is 2.22. The molecule has 0 spiro atoms. The van der Waals surface area contributed by atoms with Crippen molar-refractivity contribution in [2.24, 2.45) is 0 Å². The molecule has 6 heteroatoms.